The second-order valence-electron chi connectivity index (χ2n) is 8.02. The van der Waals surface area contributed by atoms with Gasteiger partial charge >= 0.3 is 0 Å². The lowest BCUT2D eigenvalue weighted by atomic mass is 10.2. The molecule has 0 aliphatic carbocycles. The number of nitrogens with one attached hydrogen (secondary N) is 1. The molecule has 0 saturated carbocycles. The van der Waals surface area contributed by atoms with Gasteiger partial charge in [0.1, 0.15) is 12.4 Å². The summed E-state index contributed by atoms with van der Waals surface area (Å²) in [5.74, 6) is -0.445. The smallest absolute Gasteiger partial charge is 0.258 e. The number of amides is 1. The van der Waals surface area contributed by atoms with Crippen molar-refractivity contribution in [2.45, 2.75) is 32.4 Å². The molecule has 1 N–H and O–H groups in total. The summed E-state index contributed by atoms with van der Waals surface area (Å²) in [6.07, 6.45) is 1.44. The molecular formula is C20H21BrCl3N3O2Si. The maximum Gasteiger partial charge on any atom is 0.258 e. The van der Waals surface area contributed by atoms with Crippen LogP contribution in [0, 0.1) is 0 Å². The number of anilines is 1. The Labute approximate surface area is 199 Å². The maximum absolute atomic E-state index is 12.8. The number of benzene rings is 1. The Balaban J connectivity index is 1.83. The van der Waals surface area contributed by atoms with Gasteiger partial charge in [-0.1, -0.05) is 60.5 Å². The van der Waals surface area contributed by atoms with Crippen LogP contribution in [-0.4, -0.2) is 30.1 Å². The molecule has 3 aromatic rings. The fourth-order valence-corrected chi connectivity index (χ4v) is 4.77. The molecule has 0 fully saturated rings. The third-order valence-corrected chi connectivity index (χ3v) is 7.87. The second kappa shape index (κ2) is 9.59. The van der Waals surface area contributed by atoms with Gasteiger partial charge in [0, 0.05) is 26.3 Å². The molecule has 2 aromatic heterocycles. The highest BCUT2D eigenvalue weighted by Gasteiger charge is 2.20. The summed E-state index contributed by atoms with van der Waals surface area (Å²) in [5, 5.41) is 4.33. The minimum atomic E-state index is -1.16. The largest absolute Gasteiger partial charge is 0.361 e. The zero-order valence-electron chi connectivity index (χ0n) is 16.7. The lowest BCUT2D eigenvalue weighted by Gasteiger charge is -2.16. The summed E-state index contributed by atoms with van der Waals surface area (Å²) >= 11 is 22.4. The number of hydrogen-bond acceptors (Lipinski definition) is 3. The molecule has 160 valence electrons. The van der Waals surface area contributed by atoms with Gasteiger partial charge in [-0.15, -0.1) is 0 Å². The fraction of sp³-hybridized carbons (Fsp3) is 0.300. The molecule has 0 radical (unpaired) electrons. The summed E-state index contributed by atoms with van der Waals surface area (Å²) in [6, 6.07) is 7.89. The first-order chi connectivity index (χ1) is 14.1. The van der Waals surface area contributed by atoms with Gasteiger partial charge in [-0.2, -0.15) is 0 Å². The van der Waals surface area contributed by atoms with E-state index in [4.69, 9.17) is 39.5 Å². The average Bonchev–Trinajstić information content (AvgIpc) is 2.98. The normalized spacial score (nSPS) is 11.8. The van der Waals surface area contributed by atoms with Gasteiger partial charge in [0.2, 0.25) is 0 Å². The highest BCUT2D eigenvalue weighted by atomic mass is 79.9. The van der Waals surface area contributed by atoms with E-state index in [1.54, 1.807) is 18.2 Å². The quantitative estimate of drug-likeness (QED) is 0.248. The van der Waals surface area contributed by atoms with Crippen molar-refractivity contribution in [2.75, 3.05) is 11.9 Å². The Kier molecular flexibility index (Phi) is 7.53. The van der Waals surface area contributed by atoms with E-state index in [1.165, 1.54) is 6.20 Å². The molecule has 0 spiro atoms. The van der Waals surface area contributed by atoms with Crippen LogP contribution in [0.5, 0.6) is 0 Å². The minimum absolute atomic E-state index is 0.226. The molecule has 3 rings (SSSR count). The van der Waals surface area contributed by atoms with Crippen LogP contribution >= 0.6 is 50.7 Å². The number of pyridine rings is 1. The minimum Gasteiger partial charge on any atom is -0.361 e. The first-order valence-corrected chi connectivity index (χ1v) is 14.9. The van der Waals surface area contributed by atoms with E-state index in [0.29, 0.717) is 45.1 Å². The Bertz CT molecular complexity index is 1080. The summed E-state index contributed by atoms with van der Waals surface area (Å²) in [7, 11) is -1.16. The molecule has 10 heteroatoms. The van der Waals surface area contributed by atoms with Crippen molar-refractivity contribution in [3.8, 4) is 0 Å². The van der Waals surface area contributed by atoms with Gasteiger partial charge in [0.25, 0.3) is 5.91 Å². The third-order valence-electron chi connectivity index (χ3n) is 4.47. The first-order valence-electron chi connectivity index (χ1n) is 9.25. The summed E-state index contributed by atoms with van der Waals surface area (Å²) < 4.78 is 8.48. The molecule has 0 unspecified atom stereocenters. The summed E-state index contributed by atoms with van der Waals surface area (Å²) in [6.45, 7) is 7.95. The molecule has 0 saturated heterocycles. The molecule has 1 aromatic carbocycles. The van der Waals surface area contributed by atoms with Crippen LogP contribution in [0.2, 0.25) is 40.8 Å². The molecule has 0 atom stereocenters. The average molecular weight is 550 g/mol. The molecule has 30 heavy (non-hydrogen) atoms. The highest BCUT2D eigenvalue weighted by Crippen LogP contribution is 2.33. The Hall–Kier alpha value is -1.09. The predicted octanol–water partition coefficient (Wildman–Crippen LogP) is 7.32. The Morgan fingerprint density at radius 2 is 1.90 bits per heavy atom. The van der Waals surface area contributed by atoms with Gasteiger partial charge in [0.15, 0.2) is 0 Å². The first kappa shape index (κ1) is 23.6. The molecule has 0 aliphatic rings. The Morgan fingerprint density at radius 1 is 1.23 bits per heavy atom. The van der Waals surface area contributed by atoms with Crippen molar-refractivity contribution < 1.29 is 9.53 Å². The van der Waals surface area contributed by atoms with Crippen molar-refractivity contribution in [1.82, 2.24) is 9.55 Å². The van der Waals surface area contributed by atoms with E-state index in [-0.39, 0.29) is 5.56 Å². The van der Waals surface area contributed by atoms with E-state index < -0.39 is 14.0 Å². The number of rotatable bonds is 7. The van der Waals surface area contributed by atoms with E-state index >= 15 is 0 Å². The predicted molar refractivity (Wildman–Crippen MR) is 131 cm³/mol. The zero-order chi connectivity index (χ0) is 22.1. The van der Waals surface area contributed by atoms with Crippen LogP contribution in [0.25, 0.3) is 11.0 Å². The van der Waals surface area contributed by atoms with Gasteiger partial charge in [-0.3, -0.25) is 9.36 Å². The van der Waals surface area contributed by atoms with E-state index in [0.717, 1.165) is 10.6 Å². The van der Waals surface area contributed by atoms with Gasteiger partial charge in [-0.25, -0.2) is 4.98 Å². The number of halogens is 4. The lowest BCUT2D eigenvalue weighted by molar-refractivity contribution is 0.0885. The van der Waals surface area contributed by atoms with Crippen LogP contribution in [0.3, 0.4) is 0 Å². The number of carbonyl (C=O) groups is 1. The summed E-state index contributed by atoms with van der Waals surface area (Å²) in [5.41, 5.74) is 1.19. The number of aromatic nitrogens is 2. The number of hydrogen-bond donors (Lipinski definition) is 1. The van der Waals surface area contributed by atoms with Gasteiger partial charge in [0.05, 0.1) is 30.9 Å². The zero-order valence-corrected chi connectivity index (χ0v) is 21.6. The van der Waals surface area contributed by atoms with Crippen molar-refractivity contribution >= 4 is 81.4 Å². The van der Waals surface area contributed by atoms with Crippen LogP contribution in [0.15, 0.2) is 35.1 Å². The van der Waals surface area contributed by atoms with Crippen molar-refractivity contribution in [1.29, 1.82) is 0 Å². The van der Waals surface area contributed by atoms with Crippen molar-refractivity contribution in [3.63, 3.8) is 0 Å². The molecule has 2 heterocycles. The second-order valence-corrected chi connectivity index (χ2v) is 15.6. The standard InChI is InChI=1S/C20H21BrCl3N3O2Si/c1-30(2,3)8-7-29-11-27-16(21)9-12-17(24)13(10-25-19(12)27)20(28)26-18-14(22)5-4-6-15(18)23/h4-6,9-10H,7-8,11H2,1-3H3,(H,26,28). The Morgan fingerprint density at radius 3 is 2.53 bits per heavy atom. The molecule has 0 bridgehead atoms. The van der Waals surface area contributed by atoms with Gasteiger partial charge < -0.3 is 10.1 Å². The number of nitrogens with zero attached hydrogens (tertiary/aromatic N) is 2. The molecular weight excluding hydrogens is 529 g/mol. The highest BCUT2D eigenvalue weighted by molar-refractivity contribution is 9.10. The van der Waals surface area contributed by atoms with Crippen LogP contribution in [0.4, 0.5) is 5.69 Å². The maximum atomic E-state index is 12.8. The van der Waals surface area contributed by atoms with Crippen molar-refractivity contribution in [3.05, 3.63) is 55.7 Å². The fourth-order valence-electron chi connectivity index (χ4n) is 2.75. The summed E-state index contributed by atoms with van der Waals surface area (Å²) in [4.78, 5) is 17.2. The van der Waals surface area contributed by atoms with Crippen LogP contribution in [-0.2, 0) is 11.5 Å². The van der Waals surface area contributed by atoms with Crippen LogP contribution in [0.1, 0.15) is 10.4 Å². The number of para-hydroxylation sites is 1. The molecule has 0 aliphatic heterocycles. The van der Waals surface area contributed by atoms with Gasteiger partial charge in [-0.05, 0) is 40.2 Å². The molecule has 1 amide bonds. The number of fused-ring (bicyclic) bond motifs is 1. The van der Waals surface area contributed by atoms with E-state index in [9.17, 15) is 4.79 Å². The van der Waals surface area contributed by atoms with Crippen LogP contribution < -0.4 is 5.32 Å². The monoisotopic (exact) mass is 547 g/mol. The third kappa shape index (κ3) is 5.39. The number of ether oxygens (including phenoxy) is 1. The van der Waals surface area contributed by atoms with Crippen molar-refractivity contribution in [2.24, 2.45) is 0 Å². The lowest BCUT2D eigenvalue weighted by Crippen LogP contribution is -2.22. The molecule has 5 nitrogen and oxygen atoms in total. The van der Waals surface area contributed by atoms with E-state index in [1.807, 2.05) is 10.6 Å². The van der Waals surface area contributed by atoms with E-state index in [2.05, 4.69) is 45.9 Å². The SMILES string of the molecule is C[Si](C)(C)CCOCn1c(Br)cc2c(Cl)c(C(=O)Nc3c(Cl)cccc3Cl)cnc21. The number of carbonyl (C=O) groups excluding carboxylic acids is 1. The topological polar surface area (TPSA) is 56.1 Å².